The third-order valence-corrected chi connectivity index (χ3v) is 3.19. The number of halogens is 2. The fourth-order valence-electron chi connectivity index (χ4n) is 2.00. The maximum atomic E-state index is 13.4. The number of hydrogen-bond donors (Lipinski definition) is 1. The zero-order valence-corrected chi connectivity index (χ0v) is 11.0. The molecular formula is C12H15BrFNO. The van der Waals surface area contributed by atoms with Crippen LogP contribution in [0.1, 0.15) is 31.9 Å². The molecule has 1 unspecified atom stereocenters. The lowest BCUT2D eigenvalue weighted by Gasteiger charge is -2.29. The molecule has 1 aromatic rings. The van der Waals surface area contributed by atoms with Gasteiger partial charge in [0.05, 0.1) is 11.1 Å². The Hall–Kier alpha value is -0.610. The lowest BCUT2D eigenvalue weighted by molar-refractivity contribution is 0.245. The highest BCUT2D eigenvalue weighted by atomic mass is 79.9. The summed E-state index contributed by atoms with van der Waals surface area (Å²) in [6.07, 6.45) is 0.876. The van der Waals surface area contributed by atoms with E-state index in [1.165, 1.54) is 6.07 Å². The average molecular weight is 288 g/mol. The topological polar surface area (TPSA) is 21.3 Å². The van der Waals surface area contributed by atoms with Crippen LogP contribution < -0.4 is 10.1 Å². The smallest absolute Gasteiger partial charge is 0.138 e. The van der Waals surface area contributed by atoms with Crippen molar-refractivity contribution in [3.63, 3.8) is 0 Å². The second-order valence-corrected chi connectivity index (χ2v) is 5.17. The van der Waals surface area contributed by atoms with Crippen molar-refractivity contribution in [2.45, 2.75) is 32.4 Å². The Balaban J connectivity index is 2.37. The molecule has 0 bridgehead atoms. The SMILES string of the molecule is CC(C)NC1CCOc2c(Br)cc(F)cc21. The summed E-state index contributed by atoms with van der Waals surface area (Å²) in [4.78, 5) is 0. The molecule has 88 valence electrons. The van der Waals surface area contributed by atoms with Gasteiger partial charge < -0.3 is 10.1 Å². The van der Waals surface area contributed by atoms with Crippen LogP contribution in [-0.2, 0) is 0 Å². The van der Waals surface area contributed by atoms with Crippen molar-refractivity contribution >= 4 is 15.9 Å². The highest BCUT2D eigenvalue weighted by molar-refractivity contribution is 9.10. The fourth-order valence-corrected chi connectivity index (χ4v) is 2.56. The monoisotopic (exact) mass is 287 g/mol. The number of hydrogen-bond acceptors (Lipinski definition) is 2. The first-order chi connectivity index (χ1) is 7.58. The fraction of sp³-hybridized carbons (Fsp3) is 0.500. The number of rotatable bonds is 2. The lowest BCUT2D eigenvalue weighted by Crippen LogP contribution is -2.32. The van der Waals surface area contributed by atoms with Crippen molar-refractivity contribution in [3.8, 4) is 5.75 Å². The van der Waals surface area contributed by atoms with E-state index in [0.717, 1.165) is 17.7 Å². The normalized spacial score (nSPS) is 19.4. The highest BCUT2D eigenvalue weighted by Gasteiger charge is 2.24. The van der Waals surface area contributed by atoms with Crippen LogP contribution in [0.4, 0.5) is 4.39 Å². The van der Waals surface area contributed by atoms with E-state index >= 15 is 0 Å². The molecule has 16 heavy (non-hydrogen) atoms. The van der Waals surface area contributed by atoms with Gasteiger partial charge in [0, 0.05) is 24.1 Å². The summed E-state index contributed by atoms with van der Waals surface area (Å²) in [5, 5.41) is 3.42. The van der Waals surface area contributed by atoms with E-state index in [-0.39, 0.29) is 11.9 Å². The molecule has 1 aliphatic heterocycles. The van der Waals surface area contributed by atoms with Gasteiger partial charge in [-0.1, -0.05) is 13.8 Å². The third-order valence-electron chi connectivity index (χ3n) is 2.60. The third kappa shape index (κ3) is 2.38. The van der Waals surface area contributed by atoms with Crippen LogP contribution in [0.5, 0.6) is 5.75 Å². The number of ether oxygens (including phenoxy) is 1. The molecule has 0 aliphatic carbocycles. The zero-order valence-electron chi connectivity index (χ0n) is 9.39. The van der Waals surface area contributed by atoms with Gasteiger partial charge in [0.1, 0.15) is 11.6 Å². The van der Waals surface area contributed by atoms with Gasteiger partial charge >= 0.3 is 0 Å². The Morgan fingerprint density at radius 2 is 2.25 bits per heavy atom. The predicted molar refractivity (Wildman–Crippen MR) is 65.2 cm³/mol. The van der Waals surface area contributed by atoms with Crippen LogP contribution in [-0.4, -0.2) is 12.6 Å². The van der Waals surface area contributed by atoms with Crippen molar-refractivity contribution in [1.29, 1.82) is 0 Å². The van der Waals surface area contributed by atoms with E-state index in [4.69, 9.17) is 4.74 Å². The average Bonchev–Trinajstić information content (AvgIpc) is 2.18. The van der Waals surface area contributed by atoms with E-state index in [1.807, 2.05) is 0 Å². The van der Waals surface area contributed by atoms with Crippen molar-refractivity contribution < 1.29 is 9.13 Å². The largest absolute Gasteiger partial charge is 0.492 e. The second kappa shape index (κ2) is 4.72. The Morgan fingerprint density at radius 1 is 1.50 bits per heavy atom. The Kier molecular flexibility index (Phi) is 3.50. The number of benzene rings is 1. The Bertz CT molecular complexity index is 395. The molecule has 1 aromatic carbocycles. The van der Waals surface area contributed by atoms with Crippen LogP contribution in [0.15, 0.2) is 16.6 Å². The Morgan fingerprint density at radius 3 is 2.94 bits per heavy atom. The van der Waals surface area contributed by atoms with Crippen molar-refractivity contribution in [2.75, 3.05) is 6.61 Å². The molecule has 0 saturated heterocycles. The quantitative estimate of drug-likeness (QED) is 0.900. The standard InChI is InChI=1S/C12H15BrFNO/c1-7(2)15-11-3-4-16-12-9(11)5-8(14)6-10(12)13/h5-7,11,15H,3-4H2,1-2H3. The van der Waals surface area contributed by atoms with Crippen LogP contribution in [0.3, 0.4) is 0 Å². The van der Waals surface area contributed by atoms with Crippen LogP contribution in [0.2, 0.25) is 0 Å². The van der Waals surface area contributed by atoms with Crippen LogP contribution in [0.25, 0.3) is 0 Å². The van der Waals surface area contributed by atoms with Crippen molar-refractivity contribution in [2.24, 2.45) is 0 Å². The first-order valence-corrected chi connectivity index (χ1v) is 6.25. The summed E-state index contributed by atoms with van der Waals surface area (Å²) < 4.78 is 19.6. The first-order valence-electron chi connectivity index (χ1n) is 5.45. The molecular weight excluding hydrogens is 273 g/mol. The molecule has 0 spiro atoms. The molecule has 2 nitrogen and oxygen atoms in total. The summed E-state index contributed by atoms with van der Waals surface area (Å²) in [6, 6.07) is 3.55. The summed E-state index contributed by atoms with van der Waals surface area (Å²) in [7, 11) is 0. The van der Waals surface area contributed by atoms with Gasteiger partial charge in [-0.05, 0) is 28.1 Å². The molecule has 0 saturated carbocycles. The molecule has 4 heteroatoms. The van der Waals surface area contributed by atoms with Crippen molar-refractivity contribution in [1.82, 2.24) is 5.32 Å². The predicted octanol–water partition coefficient (Wildman–Crippen LogP) is 3.41. The molecule has 2 rings (SSSR count). The van der Waals surface area contributed by atoms with Crippen molar-refractivity contribution in [3.05, 3.63) is 28.0 Å². The van der Waals surface area contributed by atoms with Gasteiger partial charge in [-0.2, -0.15) is 0 Å². The van der Waals surface area contributed by atoms with E-state index in [9.17, 15) is 4.39 Å². The maximum absolute atomic E-state index is 13.4. The van der Waals surface area contributed by atoms with Crippen LogP contribution in [0, 0.1) is 5.82 Å². The van der Waals surface area contributed by atoms with Gasteiger partial charge in [0.15, 0.2) is 0 Å². The van der Waals surface area contributed by atoms with Gasteiger partial charge in [0.25, 0.3) is 0 Å². The summed E-state index contributed by atoms with van der Waals surface area (Å²) in [5.74, 6) is 0.539. The van der Waals surface area contributed by atoms with Gasteiger partial charge in [-0.15, -0.1) is 0 Å². The molecule has 0 radical (unpaired) electrons. The van der Waals surface area contributed by atoms with E-state index in [2.05, 4.69) is 35.1 Å². The van der Waals surface area contributed by atoms with Gasteiger partial charge in [-0.3, -0.25) is 0 Å². The number of nitrogens with one attached hydrogen (secondary N) is 1. The maximum Gasteiger partial charge on any atom is 0.138 e. The van der Waals surface area contributed by atoms with Gasteiger partial charge in [0.2, 0.25) is 0 Å². The minimum absolute atomic E-state index is 0.177. The Labute approximate surface area is 103 Å². The molecule has 0 aromatic heterocycles. The minimum Gasteiger partial charge on any atom is -0.492 e. The van der Waals surface area contributed by atoms with Gasteiger partial charge in [-0.25, -0.2) is 4.39 Å². The first kappa shape index (κ1) is 11.9. The molecule has 1 atom stereocenters. The molecule has 1 aliphatic rings. The summed E-state index contributed by atoms with van der Waals surface area (Å²) >= 11 is 3.33. The second-order valence-electron chi connectivity index (χ2n) is 4.32. The summed E-state index contributed by atoms with van der Waals surface area (Å²) in [5.41, 5.74) is 0.909. The molecule has 1 N–H and O–H groups in total. The highest BCUT2D eigenvalue weighted by Crippen LogP contribution is 2.38. The van der Waals surface area contributed by atoms with Crippen LogP contribution >= 0.6 is 15.9 Å². The molecule has 0 amide bonds. The van der Waals surface area contributed by atoms with E-state index in [1.54, 1.807) is 6.07 Å². The molecule has 1 heterocycles. The summed E-state index contributed by atoms with van der Waals surface area (Å²) in [6.45, 7) is 4.84. The minimum atomic E-state index is -0.230. The molecule has 0 fully saturated rings. The number of fused-ring (bicyclic) bond motifs is 1. The lowest BCUT2D eigenvalue weighted by atomic mass is 10.00. The van der Waals surface area contributed by atoms with E-state index < -0.39 is 0 Å². The zero-order chi connectivity index (χ0) is 11.7. The van der Waals surface area contributed by atoms with E-state index in [0.29, 0.717) is 17.1 Å².